The molecule has 0 heterocycles. The number of halogens is 3. The van der Waals surface area contributed by atoms with Crippen molar-refractivity contribution in [3.63, 3.8) is 0 Å². The lowest BCUT2D eigenvalue weighted by atomic mass is 10.4. The summed E-state index contributed by atoms with van der Waals surface area (Å²) in [5.41, 5.74) is 5.34. The van der Waals surface area contributed by atoms with Gasteiger partial charge in [0.15, 0.2) is 0 Å². The molecule has 0 spiro atoms. The van der Waals surface area contributed by atoms with Crippen LogP contribution in [0.5, 0.6) is 0 Å². The Bertz CT molecular complexity index is 200. The normalized spacial score (nSPS) is 13.7. The minimum absolute atomic E-state index is 0.115. The van der Waals surface area contributed by atoms with Gasteiger partial charge in [-0.1, -0.05) is 0 Å². The molecule has 1 atom stereocenters. The summed E-state index contributed by atoms with van der Waals surface area (Å²) in [5.74, 6) is -0.266. The summed E-state index contributed by atoms with van der Waals surface area (Å²) >= 11 is 1.09. The van der Waals surface area contributed by atoms with Crippen LogP contribution in [0.3, 0.4) is 0 Å². The first-order valence-electron chi connectivity index (χ1n) is 3.98. The van der Waals surface area contributed by atoms with Gasteiger partial charge in [0.05, 0.1) is 13.7 Å². The molecule has 15 heavy (non-hydrogen) atoms. The zero-order chi connectivity index (χ0) is 11.9. The van der Waals surface area contributed by atoms with E-state index >= 15 is 0 Å². The monoisotopic (exact) mass is 247 g/mol. The first-order valence-corrected chi connectivity index (χ1v) is 5.14. The minimum atomic E-state index is -4.61. The van der Waals surface area contributed by atoms with E-state index in [0.717, 1.165) is 11.8 Å². The van der Waals surface area contributed by atoms with E-state index in [1.165, 1.54) is 7.11 Å². The highest BCUT2D eigenvalue weighted by Crippen LogP contribution is 2.16. The number of alkyl halides is 3. The highest BCUT2D eigenvalue weighted by Gasteiger charge is 2.28. The fraction of sp³-hybridized carbons (Fsp3) is 0.857. The number of carbonyl (C=O) groups is 1. The highest BCUT2D eigenvalue weighted by atomic mass is 32.2. The van der Waals surface area contributed by atoms with E-state index in [9.17, 15) is 18.0 Å². The zero-order valence-corrected chi connectivity index (χ0v) is 8.86. The summed E-state index contributed by atoms with van der Waals surface area (Å²) in [6, 6.07) is -0.814. The third-order valence-corrected chi connectivity index (χ3v) is 2.34. The highest BCUT2D eigenvalue weighted by molar-refractivity contribution is 7.99. The lowest BCUT2D eigenvalue weighted by molar-refractivity contribution is -0.322. The van der Waals surface area contributed by atoms with Crippen LogP contribution in [0.15, 0.2) is 0 Å². The molecular formula is C7H12F3NO3S. The largest absolute Gasteiger partial charge is 0.522 e. The minimum Gasteiger partial charge on any atom is -0.468 e. The Morgan fingerprint density at radius 2 is 2.13 bits per heavy atom. The van der Waals surface area contributed by atoms with Gasteiger partial charge in [0.2, 0.25) is 0 Å². The van der Waals surface area contributed by atoms with Crippen LogP contribution >= 0.6 is 11.8 Å². The van der Waals surface area contributed by atoms with Crippen LogP contribution < -0.4 is 5.73 Å². The standard InChI is InChI=1S/C7H12F3NO3S/c1-13-6(12)5(11)4-15-3-2-14-7(8,9)10/h5H,2-4,11H2,1H3. The molecule has 0 aromatic carbocycles. The Morgan fingerprint density at radius 3 is 2.60 bits per heavy atom. The van der Waals surface area contributed by atoms with Gasteiger partial charge in [-0.3, -0.25) is 9.53 Å². The molecule has 0 fully saturated rings. The maximum atomic E-state index is 11.5. The van der Waals surface area contributed by atoms with Gasteiger partial charge < -0.3 is 10.5 Å². The summed E-state index contributed by atoms with van der Waals surface area (Å²) < 4.78 is 42.3. The van der Waals surface area contributed by atoms with Gasteiger partial charge in [0, 0.05) is 11.5 Å². The van der Waals surface area contributed by atoms with E-state index in [2.05, 4.69) is 9.47 Å². The lowest BCUT2D eigenvalue weighted by Crippen LogP contribution is -2.34. The number of ether oxygens (including phenoxy) is 2. The molecule has 90 valence electrons. The number of thioether (sulfide) groups is 1. The molecule has 2 N–H and O–H groups in total. The van der Waals surface area contributed by atoms with Crippen molar-refractivity contribution in [2.75, 3.05) is 25.2 Å². The average molecular weight is 247 g/mol. The molecular weight excluding hydrogens is 235 g/mol. The van der Waals surface area contributed by atoms with Crippen molar-refractivity contribution >= 4 is 17.7 Å². The number of nitrogens with two attached hydrogens (primary N) is 1. The van der Waals surface area contributed by atoms with Crippen LogP contribution in [-0.2, 0) is 14.3 Å². The second kappa shape index (κ2) is 6.91. The predicted octanol–water partition coefficient (Wildman–Crippen LogP) is 0.756. The van der Waals surface area contributed by atoms with Gasteiger partial charge in [-0.05, 0) is 0 Å². The second-order valence-electron chi connectivity index (χ2n) is 2.50. The van der Waals surface area contributed by atoms with Crippen LogP contribution in [0.2, 0.25) is 0 Å². The van der Waals surface area contributed by atoms with E-state index in [0.29, 0.717) is 0 Å². The predicted molar refractivity (Wildman–Crippen MR) is 49.3 cm³/mol. The van der Waals surface area contributed by atoms with Crippen molar-refractivity contribution in [2.45, 2.75) is 12.4 Å². The molecule has 0 saturated carbocycles. The van der Waals surface area contributed by atoms with Crippen molar-refractivity contribution < 1.29 is 27.4 Å². The topological polar surface area (TPSA) is 61.5 Å². The van der Waals surface area contributed by atoms with Crippen molar-refractivity contribution in [3.8, 4) is 0 Å². The summed E-state index contributed by atoms with van der Waals surface area (Å²) in [6.07, 6.45) is -4.61. The molecule has 0 saturated heterocycles. The van der Waals surface area contributed by atoms with Gasteiger partial charge in [0.25, 0.3) is 0 Å². The first-order chi connectivity index (χ1) is 6.87. The average Bonchev–Trinajstić information content (AvgIpc) is 2.14. The molecule has 0 rings (SSSR count). The van der Waals surface area contributed by atoms with Crippen LogP contribution in [0.25, 0.3) is 0 Å². The Labute approximate surface area is 89.3 Å². The summed E-state index contributed by atoms with van der Waals surface area (Å²) in [4.78, 5) is 10.8. The van der Waals surface area contributed by atoms with Gasteiger partial charge in [-0.2, -0.15) is 11.8 Å². The Balaban J connectivity index is 3.43. The molecule has 0 aromatic rings. The fourth-order valence-electron chi connectivity index (χ4n) is 0.646. The zero-order valence-electron chi connectivity index (χ0n) is 8.04. The number of hydrogen-bond acceptors (Lipinski definition) is 5. The molecule has 8 heteroatoms. The molecule has 4 nitrogen and oxygen atoms in total. The summed E-state index contributed by atoms with van der Waals surface area (Å²) in [5, 5.41) is 0. The molecule has 0 aliphatic rings. The number of hydrogen-bond donors (Lipinski definition) is 1. The van der Waals surface area contributed by atoms with Crippen molar-refractivity contribution in [1.82, 2.24) is 0 Å². The van der Waals surface area contributed by atoms with Crippen LogP contribution in [-0.4, -0.2) is 43.6 Å². The Hall–Kier alpha value is -0.470. The van der Waals surface area contributed by atoms with Crippen LogP contribution in [0, 0.1) is 0 Å². The van der Waals surface area contributed by atoms with Crippen LogP contribution in [0.1, 0.15) is 0 Å². The number of carbonyl (C=O) groups excluding carboxylic acids is 1. The first kappa shape index (κ1) is 14.5. The third-order valence-electron chi connectivity index (χ3n) is 1.29. The van der Waals surface area contributed by atoms with Crippen molar-refractivity contribution in [2.24, 2.45) is 5.73 Å². The maximum absolute atomic E-state index is 11.5. The Kier molecular flexibility index (Phi) is 6.70. The van der Waals surface area contributed by atoms with Crippen LogP contribution in [0.4, 0.5) is 13.2 Å². The molecule has 0 aliphatic carbocycles. The summed E-state index contributed by atoms with van der Waals surface area (Å²) in [6.45, 7) is -0.456. The molecule has 0 amide bonds. The maximum Gasteiger partial charge on any atom is 0.522 e. The number of rotatable bonds is 6. The molecule has 0 radical (unpaired) electrons. The van der Waals surface area contributed by atoms with E-state index in [4.69, 9.17) is 5.73 Å². The molecule has 1 unspecified atom stereocenters. The van der Waals surface area contributed by atoms with E-state index in [-0.39, 0.29) is 11.5 Å². The van der Waals surface area contributed by atoms with E-state index in [1.807, 2.05) is 0 Å². The van der Waals surface area contributed by atoms with Gasteiger partial charge in [-0.25, -0.2) is 0 Å². The van der Waals surface area contributed by atoms with E-state index < -0.39 is 25.0 Å². The van der Waals surface area contributed by atoms with Crippen molar-refractivity contribution in [3.05, 3.63) is 0 Å². The smallest absolute Gasteiger partial charge is 0.468 e. The van der Waals surface area contributed by atoms with E-state index in [1.54, 1.807) is 0 Å². The number of esters is 1. The molecule has 0 aliphatic heterocycles. The van der Waals surface area contributed by atoms with Gasteiger partial charge in [0.1, 0.15) is 6.04 Å². The molecule has 0 aromatic heterocycles. The Morgan fingerprint density at radius 1 is 1.53 bits per heavy atom. The fourth-order valence-corrected chi connectivity index (χ4v) is 1.40. The quantitative estimate of drug-likeness (QED) is 0.554. The lowest BCUT2D eigenvalue weighted by Gasteiger charge is -2.09. The SMILES string of the molecule is COC(=O)C(N)CSCCOC(F)(F)F. The van der Waals surface area contributed by atoms with Gasteiger partial charge >= 0.3 is 12.3 Å². The third kappa shape index (κ3) is 8.52. The second-order valence-corrected chi connectivity index (χ2v) is 3.65. The number of methoxy groups -OCH3 is 1. The van der Waals surface area contributed by atoms with Gasteiger partial charge in [-0.15, -0.1) is 13.2 Å². The van der Waals surface area contributed by atoms with Crippen molar-refractivity contribution in [1.29, 1.82) is 0 Å². The molecule has 0 bridgehead atoms. The summed E-state index contributed by atoms with van der Waals surface area (Å²) in [7, 11) is 1.19.